The van der Waals surface area contributed by atoms with E-state index >= 15 is 0 Å². The first-order valence-electron chi connectivity index (χ1n) is 5.67. The molecule has 5 heteroatoms. The summed E-state index contributed by atoms with van der Waals surface area (Å²) in [6, 6.07) is 5.18. The molecule has 4 nitrogen and oxygen atoms in total. The van der Waals surface area contributed by atoms with Gasteiger partial charge in [0.2, 0.25) is 0 Å². The van der Waals surface area contributed by atoms with Crippen molar-refractivity contribution in [2.24, 2.45) is 0 Å². The molecule has 1 N–H and O–H groups in total. The zero-order chi connectivity index (χ0) is 12.9. The fourth-order valence-electron chi connectivity index (χ4n) is 1.57. The van der Waals surface area contributed by atoms with Crippen LogP contribution in [0.1, 0.15) is 25.0 Å². The van der Waals surface area contributed by atoms with Gasteiger partial charge < -0.3 is 14.2 Å². The van der Waals surface area contributed by atoms with Gasteiger partial charge in [0.05, 0.1) is 19.4 Å². The summed E-state index contributed by atoms with van der Waals surface area (Å²) in [5, 5.41) is 9.70. The second-order valence-corrected chi connectivity index (χ2v) is 5.79. The molecule has 0 spiro atoms. The van der Waals surface area contributed by atoms with E-state index in [1.807, 2.05) is 6.92 Å². The van der Waals surface area contributed by atoms with Crippen molar-refractivity contribution >= 4 is 7.60 Å². The fourth-order valence-corrected chi connectivity index (χ4v) is 3.29. The summed E-state index contributed by atoms with van der Waals surface area (Å²) in [5.41, 5.74) is 1.59. The van der Waals surface area contributed by atoms with Crippen LogP contribution in [0.2, 0.25) is 0 Å². The number of hydrogen-bond acceptors (Lipinski definition) is 4. The Morgan fingerprint density at radius 2 is 1.82 bits per heavy atom. The number of phenols is 1. The minimum atomic E-state index is -3.15. The number of benzene rings is 1. The molecule has 0 aliphatic heterocycles. The lowest BCUT2D eigenvalue weighted by Crippen LogP contribution is -1.99. The van der Waals surface area contributed by atoms with Gasteiger partial charge in [-0.05, 0) is 26.8 Å². The van der Waals surface area contributed by atoms with Gasteiger partial charge in [0.15, 0.2) is 0 Å². The molecule has 0 aliphatic rings. The molecule has 0 aliphatic carbocycles. The Labute approximate surface area is 102 Å². The van der Waals surface area contributed by atoms with Gasteiger partial charge in [0.1, 0.15) is 5.75 Å². The molecule has 0 saturated heterocycles. The minimum Gasteiger partial charge on any atom is -0.508 e. The SMILES string of the molecule is CCOP(=O)(Cc1cc(C)ccc1O)OCC. The van der Waals surface area contributed by atoms with E-state index in [4.69, 9.17) is 9.05 Å². The van der Waals surface area contributed by atoms with Crippen molar-refractivity contribution in [3.05, 3.63) is 29.3 Å². The Bertz CT molecular complexity index is 407. The van der Waals surface area contributed by atoms with Crippen LogP contribution in [-0.2, 0) is 19.8 Å². The second-order valence-electron chi connectivity index (χ2n) is 3.74. The Morgan fingerprint density at radius 3 is 2.35 bits per heavy atom. The van der Waals surface area contributed by atoms with E-state index < -0.39 is 7.60 Å². The van der Waals surface area contributed by atoms with Crippen LogP contribution < -0.4 is 0 Å². The molecule has 1 rings (SSSR count). The lowest BCUT2D eigenvalue weighted by Gasteiger charge is -2.17. The molecule has 0 atom stereocenters. The summed E-state index contributed by atoms with van der Waals surface area (Å²) in [6.07, 6.45) is 0.0994. The van der Waals surface area contributed by atoms with Crippen LogP contribution in [0.15, 0.2) is 18.2 Å². The molecule has 1 aromatic rings. The van der Waals surface area contributed by atoms with Crippen molar-refractivity contribution in [1.29, 1.82) is 0 Å². The molecule has 96 valence electrons. The third-order valence-corrected chi connectivity index (χ3v) is 4.28. The molecule has 0 bridgehead atoms. The number of hydrogen-bond donors (Lipinski definition) is 1. The van der Waals surface area contributed by atoms with Gasteiger partial charge in [-0.1, -0.05) is 17.7 Å². The normalized spacial score (nSPS) is 11.7. The quantitative estimate of drug-likeness (QED) is 0.794. The van der Waals surface area contributed by atoms with E-state index in [1.165, 1.54) is 0 Å². The van der Waals surface area contributed by atoms with Crippen molar-refractivity contribution in [2.45, 2.75) is 26.9 Å². The third kappa shape index (κ3) is 4.15. The number of rotatable bonds is 6. The molecule has 0 fully saturated rings. The van der Waals surface area contributed by atoms with Gasteiger partial charge in [0.25, 0.3) is 0 Å². The summed E-state index contributed by atoms with van der Waals surface area (Å²) in [4.78, 5) is 0. The van der Waals surface area contributed by atoms with E-state index in [0.717, 1.165) is 5.56 Å². The lowest BCUT2D eigenvalue weighted by molar-refractivity contribution is 0.219. The Balaban J connectivity index is 2.93. The maximum absolute atomic E-state index is 12.3. The highest BCUT2D eigenvalue weighted by molar-refractivity contribution is 7.53. The zero-order valence-corrected chi connectivity index (χ0v) is 11.4. The van der Waals surface area contributed by atoms with E-state index in [9.17, 15) is 9.67 Å². The molecule has 0 unspecified atom stereocenters. The van der Waals surface area contributed by atoms with Crippen LogP contribution in [0.3, 0.4) is 0 Å². The van der Waals surface area contributed by atoms with Gasteiger partial charge >= 0.3 is 7.60 Å². The van der Waals surface area contributed by atoms with E-state index in [2.05, 4.69) is 0 Å². The average Bonchev–Trinajstić information content (AvgIpc) is 2.24. The van der Waals surface area contributed by atoms with Crippen LogP contribution >= 0.6 is 7.60 Å². The van der Waals surface area contributed by atoms with Crippen LogP contribution in [0.5, 0.6) is 5.75 Å². The molecule has 0 radical (unpaired) electrons. The van der Waals surface area contributed by atoms with E-state index in [-0.39, 0.29) is 11.9 Å². The molecule has 0 saturated carbocycles. The van der Waals surface area contributed by atoms with Crippen LogP contribution in [0, 0.1) is 6.92 Å². The largest absolute Gasteiger partial charge is 0.508 e. The van der Waals surface area contributed by atoms with E-state index in [0.29, 0.717) is 18.8 Å². The van der Waals surface area contributed by atoms with Crippen molar-refractivity contribution < 1.29 is 18.7 Å². The van der Waals surface area contributed by atoms with Crippen molar-refractivity contribution in [1.82, 2.24) is 0 Å². The van der Waals surface area contributed by atoms with Crippen LogP contribution in [0.4, 0.5) is 0 Å². The topological polar surface area (TPSA) is 55.8 Å². The predicted molar refractivity (Wildman–Crippen MR) is 67.4 cm³/mol. The maximum Gasteiger partial charge on any atom is 0.335 e. The monoisotopic (exact) mass is 258 g/mol. The number of phenolic OH excluding ortho intramolecular Hbond substituents is 1. The highest BCUT2D eigenvalue weighted by Gasteiger charge is 2.25. The zero-order valence-electron chi connectivity index (χ0n) is 10.5. The first-order chi connectivity index (χ1) is 8.00. The molecule has 0 heterocycles. The standard InChI is InChI=1S/C12H19O4P/c1-4-15-17(14,16-5-2)9-11-8-10(3)6-7-12(11)13/h6-8,13H,4-5,9H2,1-3H3. The van der Waals surface area contributed by atoms with Gasteiger partial charge in [0, 0.05) is 5.56 Å². The molecule has 17 heavy (non-hydrogen) atoms. The first kappa shape index (κ1) is 14.2. The third-order valence-electron chi connectivity index (χ3n) is 2.25. The molecule has 0 aromatic heterocycles. The Morgan fingerprint density at radius 1 is 1.24 bits per heavy atom. The van der Waals surface area contributed by atoms with Gasteiger partial charge in [-0.3, -0.25) is 4.57 Å². The second kappa shape index (κ2) is 6.20. The average molecular weight is 258 g/mol. The summed E-state index contributed by atoms with van der Waals surface area (Å²) < 4.78 is 22.7. The molecular formula is C12H19O4P. The minimum absolute atomic E-state index is 0.0994. The van der Waals surface area contributed by atoms with Gasteiger partial charge in [-0.25, -0.2) is 0 Å². The fraction of sp³-hybridized carbons (Fsp3) is 0.500. The Kier molecular flexibility index (Phi) is 5.19. The molecule has 1 aromatic carbocycles. The highest BCUT2D eigenvalue weighted by Crippen LogP contribution is 2.52. The highest BCUT2D eigenvalue weighted by atomic mass is 31.2. The summed E-state index contributed by atoms with van der Waals surface area (Å²) in [7, 11) is -3.15. The summed E-state index contributed by atoms with van der Waals surface area (Å²) >= 11 is 0. The van der Waals surface area contributed by atoms with Gasteiger partial charge in [-0.2, -0.15) is 0 Å². The maximum atomic E-state index is 12.3. The van der Waals surface area contributed by atoms with E-state index in [1.54, 1.807) is 32.0 Å². The molecular weight excluding hydrogens is 239 g/mol. The number of aryl methyl sites for hydroxylation is 1. The van der Waals surface area contributed by atoms with Crippen molar-refractivity contribution in [2.75, 3.05) is 13.2 Å². The number of aromatic hydroxyl groups is 1. The van der Waals surface area contributed by atoms with Crippen LogP contribution in [0.25, 0.3) is 0 Å². The smallest absolute Gasteiger partial charge is 0.335 e. The summed E-state index contributed by atoms with van der Waals surface area (Å²) in [6.45, 7) is 6.09. The van der Waals surface area contributed by atoms with Crippen molar-refractivity contribution in [3.8, 4) is 5.75 Å². The van der Waals surface area contributed by atoms with Gasteiger partial charge in [-0.15, -0.1) is 0 Å². The Hall–Kier alpha value is -0.830. The first-order valence-corrected chi connectivity index (χ1v) is 7.40. The molecule has 0 amide bonds. The lowest BCUT2D eigenvalue weighted by atomic mass is 10.1. The van der Waals surface area contributed by atoms with Crippen LogP contribution in [-0.4, -0.2) is 18.3 Å². The predicted octanol–water partition coefficient (Wildman–Crippen LogP) is 3.47. The van der Waals surface area contributed by atoms with Crippen molar-refractivity contribution in [3.63, 3.8) is 0 Å². The summed E-state index contributed by atoms with van der Waals surface area (Å²) in [5.74, 6) is 0.121.